The second-order valence-electron chi connectivity index (χ2n) is 10.6. The smallest absolute Gasteiger partial charge is 0.253 e. The van der Waals surface area contributed by atoms with Crippen LogP contribution >= 0.6 is 0 Å². The van der Waals surface area contributed by atoms with Gasteiger partial charge in [0, 0.05) is 38.2 Å². The second kappa shape index (κ2) is 9.09. The number of aromatic amines is 1. The Morgan fingerprint density at radius 1 is 1.06 bits per heavy atom. The molecule has 1 aliphatic carbocycles. The van der Waals surface area contributed by atoms with Crippen molar-refractivity contribution < 1.29 is 9.59 Å². The van der Waals surface area contributed by atoms with Gasteiger partial charge in [0.15, 0.2) is 0 Å². The maximum absolute atomic E-state index is 13.3. The highest BCUT2D eigenvalue weighted by Gasteiger charge is 2.48. The van der Waals surface area contributed by atoms with Crippen LogP contribution in [0.4, 0.5) is 0 Å². The van der Waals surface area contributed by atoms with Gasteiger partial charge in [-0.1, -0.05) is 30.2 Å². The summed E-state index contributed by atoms with van der Waals surface area (Å²) in [5.41, 5.74) is 4.37. The van der Waals surface area contributed by atoms with Crippen LogP contribution in [0.5, 0.6) is 0 Å². The molecule has 1 aromatic heterocycles. The SMILES string of the molecule is C#CC12CCN(C(=O)CCc3ccccc3C3CC3)CCC1CN(C(=O)c1ccc3n[nH]nc3c1)C2. The number of aryl methyl sites for hydroxylation is 1. The molecular formula is C29H31N5O2. The average Bonchev–Trinajstić information content (AvgIpc) is 3.58. The Hall–Kier alpha value is -3.66. The van der Waals surface area contributed by atoms with E-state index in [0.717, 1.165) is 24.8 Å². The fraction of sp³-hybridized carbons (Fsp3) is 0.448. The number of H-pyrrole nitrogens is 1. The zero-order valence-corrected chi connectivity index (χ0v) is 20.4. The molecule has 7 nitrogen and oxygen atoms in total. The first-order valence-corrected chi connectivity index (χ1v) is 13.0. The molecule has 0 radical (unpaired) electrons. The zero-order valence-electron chi connectivity index (χ0n) is 20.4. The van der Waals surface area contributed by atoms with Gasteiger partial charge in [-0.2, -0.15) is 15.4 Å². The van der Waals surface area contributed by atoms with Crippen LogP contribution in [0.3, 0.4) is 0 Å². The minimum Gasteiger partial charge on any atom is -0.343 e. The first kappa shape index (κ1) is 22.8. The maximum Gasteiger partial charge on any atom is 0.253 e. The van der Waals surface area contributed by atoms with Crippen LogP contribution in [0, 0.1) is 23.7 Å². The third kappa shape index (κ3) is 4.15. The number of hydrogen-bond donors (Lipinski definition) is 1. The van der Waals surface area contributed by atoms with Crippen molar-refractivity contribution in [3.63, 3.8) is 0 Å². The maximum atomic E-state index is 13.3. The van der Waals surface area contributed by atoms with Crippen LogP contribution < -0.4 is 0 Å². The summed E-state index contributed by atoms with van der Waals surface area (Å²) in [7, 11) is 0. The number of likely N-dealkylation sites (tertiary alicyclic amines) is 2. The van der Waals surface area contributed by atoms with Crippen molar-refractivity contribution >= 4 is 22.8 Å². The molecule has 6 rings (SSSR count). The Bertz CT molecular complexity index is 1350. The van der Waals surface area contributed by atoms with Gasteiger partial charge in [0.2, 0.25) is 5.91 Å². The summed E-state index contributed by atoms with van der Waals surface area (Å²) in [6.07, 6.45) is 11.5. The van der Waals surface area contributed by atoms with Gasteiger partial charge in [-0.25, -0.2) is 0 Å². The van der Waals surface area contributed by atoms with Gasteiger partial charge in [-0.05, 0) is 73.3 Å². The van der Waals surface area contributed by atoms with E-state index in [-0.39, 0.29) is 23.1 Å². The van der Waals surface area contributed by atoms with E-state index in [0.29, 0.717) is 49.6 Å². The molecule has 0 bridgehead atoms. The first-order chi connectivity index (χ1) is 17.6. The molecule has 1 saturated carbocycles. The van der Waals surface area contributed by atoms with Crippen molar-refractivity contribution in [2.24, 2.45) is 11.3 Å². The number of aromatic nitrogens is 3. The van der Waals surface area contributed by atoms with E-state index in [9.17, 15) is 9.59 Å². The molecule has 3 heterocycles. The lowest BCUT2D eigenvalue weighted by molar-refractivity contribution is -0.131. The molecule has 2 atom stereocenters. The third-order valence-corrected chi connectivity index (χ3v) is 8.44. The molecular weight excluding hydrogens is 450 g/mol. The van der Waals surface area contributed by atoms with Crippen molar-refractivity contribution in [2.75, 3.05) is 26.2 Å². The standard InChI is InChI=1S/C29H31N5O2/c1-2-29-14-16-33(27(35)12-10-20-5-3-4-6-24(20)21-7-8-21)15-13-23(29)18-34(19-29)28(36)22-9-11-25-26(17-22)31-32-30-25/h1,3-6,9,11,17,21,23H,7-8,10,12-16,18-19H2,(H,30,31,32). The molecule has 0 spiro atoms. The minimum atomic E-state index is -0.388. The molecule has 1 N–H and O–H groups in total. The summed E-state index contributed by atoms with van der Waals surface area (Å²) >= 11 is 0. The van der Waals surface area contributed by atoms with Crippen LogP contribution in [-0.4, -0.2) is 63.2 Å². The van der Waals surface area contributed by atoms with Gasteiger partial charge >= 0.3 is 0 Å². The van der Waals surface area contributed by atoms with Gasteiger partial charge < -0.3 is 9.80 Å². The van der Waals surface area contributed by atoms with Crippen LogP contribution in [-0.2, 0) is 11.2 Å². The molecule has 2 amide bonds. The van der Waals surface area contributed by atoms with Gasteiger partial charge in [-0.3, -0.25) is 9.59 Å². The van der Waals surface area contributed by atoms with Crippen molar-refractivity contribution in [2.45, 2.75) is 44.4 Å². The molecule has 184 valence electrons. The Balaban J connectivity index is 1.10. The lowest BCUT2D eigenvalue weighted by Gasteiger charge is -2.27. The number of hydrogen-bond acceptors (Lipinski definition) is 4. The number of rotatable bonds is 5. The molecule has 2 aliphatic heterocycles. The van der Waals surface area contributed by atoms with Crippen LogP contribution in [0.25, 0.3) is 11.0 Å². The highest BCUT2D eigenvalue weighted by Crippen LogP contribution is 2.44. The minimum absolute atomic E-state index is 0.0233. The van der Waals surface area contributed by atoms with E-state index >= 15 is 0 Å². The molecule has 7 heteroatoms. The second-order valence-corrected chi connectivity index (χ2v) is 10.6. The summed E-state index contributed by atoms with van der Waals surface area (Å²) in [5, 5.41) is 10.8. The van der Waals surface area contributed by atoms with Gasteiger partial charge in [0.05, 0.1) is 5.41 Å². The van der Waals surface area contributed by atoms with E-state index in [1.54, 1.807) is 12.1 Å². The van der Waals surface area contributed by atoms with Crippen LogP contribution in [0.1, 0.15) is 59.5 Å². The number of nitrogens with zero attached hydrogens (tertiary/aromatic N) is 4. The molecule has 3 fully saturated rings. The monoisotopic (exact) mass is 481 g/mol. The molecule has 2 saturated heterocycles. The molecule has 2 unspecified atom stereocenters. The van der Waals surface area contributed by atoms with E-state index < -0.39 is 0 Å². The lowest BCUT2D eigenvalue weighted by atomic mass is 9.75. The summed E-state index contributed by atoms with van der Waals surface area (Å²) in [4.78, 5) is 30.4. The normalized spacial score (nSPS) is 23.8. The van der Waals surface area contributed by atoms with Crippen molar-refractivity contribution in [1.82, 2.24) is 25.2 Å². The number of nitrogens with one attached hydrogen (secondary N) is 1. The van der Waals surface area contributed by atoms with Crippen molar-refractivity contribution in [3.8, 4) is 12.3 Å². The Kier molecular flexibility index (Phi) is 5.75. The van der Waals surface area contributed by atoms with Crippen molar-refractivity contribution in [3.05, 3.63) is 59.2 Å². The number of amides is 2. The topological polar surface area (TPSA) is 82.2 Å². The average molecular weight is 482 g/mol. The highest BCUT2D eigenvalue weighted by atomic mass is 16.2. The highest BCUT2D eigenvalue weighted by molar-refractivity contribution is 5.97. The number of benzene rings is 2. The quantitative estimate of drug-likeness (QED) is 0.563. The van der Waals surface area contributed by atoms with Crippen LogP contribution in [0.15, 0.2) is 42.5 Å². The molecule has 3 aromatic rings. The molecule has 3 aliphatic rings. The largest absolute Gasteiger partial charge is 0.343 e. The van der Waals surface area contributed by atoms with Gasteiger partial charge in [0.1, 0.15) is 11.0 Å². The Labute approximate surface area is 211 Å². The first-order valence-electron chi connectivity index (χ1n) is 13.0. The summed E-state index contributed by atoms with van der Waals surface area (Å²) < 4.78 is 0. The van der Waals surface area contributed by atoms with Crippen LogP contribution in [0.2, 0.25) is 0 Å². The van der Waals surface area contributed by atoms with Crippen molar-refractivity contribution in [1.29, 1.82) is 0 Å². The molecule has 36 heavy (non-hydrogen) atoms. The summed E-state index contributed by atoms with van der Waals surface area (Å²) in [6.45, 7) is 2.50. The summed E-state index contributed by atoms with van der Waals surface area (Å²) in [6, 6.07) is 14.0. The van der Waals surface area contributed by atoms with E-state index in [4.69, 9.17) is 6.42 Å². The van der Waals surface area contributed by atoms with Gasteiger partial charge in [-0.15, -0.1) is 6.42 Å². The Morgan fingerprint density at radius 2 is 1.89 bits per heavy atom. The number of fused-ring (bicyclic) bond motifs is 2. The number of carbonyl (C=O) groups excluding carboxylic acids is 2. The number of terminal acetylenes is 1. The zero-order chi connectivity index (χ0) is 24.7. The lowest BCUT2D eigenvalue weighted by Crippen LogP contribution is -2.36. The predicted octanol–water partition coefficient (Wildman–Crippen LogP) is 3.78. The third-order valence-electron chi connectivity index (χ3n) is 8.44. The summed E-state index contributed by atoms with van der Waals surface area (Å²) in [5.74, 6) is 4.13. The predicted molar refractivity (Wildman–Crippen MR) is 137 cm³/mol. The van der Waals surface area contributed by atoms with E-state index in [2.05, 4.69) is 45.6 Å². The fourth-order valence-electron chi connectivity index (χ4n) is 6.13. The molecule has 2 aromatic carbocycles. The number of carbonyl (C=O) groups is 2. The van der Waals surface area contributed by atoms with Gasteiger partial charge in [0.25, 0.3) is 5.91 Å². The van der Waals surface area contributed by atoms with E-state index in [1.165, 1.54) is 24.0 Å². The fourth-order valence-corrected chi connectivity index (χ4v) is 6.13. The van der Waals surface area contributed by atoms with E-state index in [1.807, 2.05) is 15.9 Å². The Morgan fingerprint density at radius 3 is 2.72 bits per heavy atom.